The summed E-state index contributed by atoms with van der Waals surface area (Å²) in [6.45, 7) is 6.32. The van der Waals surface area contributed by atoms with Crippen LogP contribution in [-0.4, -0.2) is 16.0 Å². The van der Waals surface area contributed by atoms with Gasteiger partial charge in [-0.25, -0.2) is 4.98 Å². The van der Waals surface area contributed by atoms with Crippen LogP contribution in [0.2, 0.25) is 0 Å². The summed E-state index contributed by atoms with van der Waals surface area (Å²) in [5.41, 5.74) is 5.99. The van der Waals surface area contributed by atoms with Gasteiger partial charge in [0.25, 0.3) is 5.91 Å². The molecule has 1 atom stereocenters. The molecule has 0 aliphatic carbocycles. The lowest BCUT2D eigenvalue weighted by Crippen LogP contribution is -2.34. The third-order valence-electron chi connectivity index (χ3n) is 5.47. The first-order valence-corrected chi connectivity index (χ1v) is 11.0. The van der Waals surface area contributed by atoms with Crippen molar-refractivity contribution in [3.63, 3.8) is 0 Å². The molecule has 0 saturated heterocycles. The van der Waals surface area contributed by atoms with Gasteiger partial charge in [0, 0.05) is 16.8 Å². The number of carbonyl (C=O) groups excluding carboxylic acids is 1. The van der Waals surface area contributed by atoms with Crippen molar-refractivity contribution in [3.8, 4) is 11.5 Å². The first-order chi connectivity index (χ1) is 15.4. The molecule has 162 valence electrons. The number of fused-ring (bicyclic) bond motifs is 1. The number of amides is 1. The number of thiocarbonyl (C=S) groups is 1. The molecule has 0 bridgehead atoms. The third kappa shape index (κ3) is 4.86. The van der Waals surface area contributed by atoms with E-state index >= 15 is 0 Å². The van der Waals surface area contributed by atoms with E-state index in [1.54, 1.807) is 6.07 Å². The van der Waals surface area contributed by atoms with E-state index in [9.17, 15) is 4.79 Å². The largest absolute Gasteiger partial charge is 0.436 e. The monoisotopic (exact) mass is 443 g/mol. The molecule has 5 nitrogen and oxygen atoms in total. The van der Waals surface area contributed by atoms with Crippen LogP contribution in [0.4, 0.5) is 5.69 Å². The zero-order valence-electron chi connectivity index (χ0n) is 18.3. The van der Waals surface area contributed by atoms with Crippen LogP contribution in [-0.2, 0) is 0 Å². The second-order valence-corrected chi connectivity index (χ2v) is 8.32. The van der Waals surface area contributed by atoms with Crippen molar-refractivity contribution >= 4 is 40.0 Å². The number of rotatable bonds is 5. The minimum atomic E-state index is -0.251. The number of oxazole rings is 1. The van der Waals surface area contributed by atoms with E-state index in [0.29, 0.717) is 17.4 Å². The van der Waals surface area contributed by atoms with Crippen LogP contribution in [0.3, 0.4) is 0 Å². The lowest BCUT2D eigenvalue weighted by atomic mass is 9.98. The van der Waals surface area contributed by atoms with Gasteiger partial charge < -0.3 is 9.73 Å². The van der Waals surface area contributed by atoms with E-state index in [0.717, 1.165) is 34.3 Å². The Hall–Kier alpha value is -3.51. The lowest BCUT2D eigenvalue weighted by molar-refractivity contribution is 0.0977. The highest BCUT2D eigenvalue weighted by molar-refractivity contribution is 7.80. The van der Waals surface area contributed by atoms with Gasteiger partial charge in [0.2, 0.25) is 5.89 Å². The Kier molecular flexibility index (Phi) is 6.32. The first kappa shape index (κ1) is 21.7. The highest BCUT2D eigenvalue weighted by Crippen LogP contribution is 2.29. The average Bonchev–Trinajstić information content (AvgIpc) is 3.22. The van der Waals surface area contributed by atoms with E-state index in [1.807, 2.05) is 55.5 Å². The van der Waals surface area contributed by atoms with E-state index in [-0.39, 0.29) is 11.0 Å². The molecular formula is C26H25N3O2S. The molecule has 4 aromatic rings. The van der Waals surface area contributed by atoms with Gasteiger partial charge in [0.15, 0.2) is 10.7 Å². The van der Waals surface area contributed by atoms with Crippen molar-refractivity contribution in [1.82, 2.24) is 10.3 Å². The van der Waals surface area contributed by atoms with Crippen LogP contribution in [0.25, 0.3) is 22.6 Å². The number of nitrogens with zero attached hydrogens (tertiary/aromatic N) is 1. The number of nitrogens with one attached hydrogen (secondary N) is 2. The molecule has 32 heavy (non-hydrogen) atoms. The van der Waals surface area contributed by atoms with Gasteiger partial charge in [-0.15, -0.1) is 0 Å². The molecule has 1 amide bonds. The fraction of sp³-hybridized carbons (Fsp3) is 0.192. The highest BCUT2D eigenvalue weighted by atomic mass is 32.1. The second-order valence-electron chi connectivity index (χ2n) is 7.91. The molecule has 2 N–H and O–H groups in total. The molecule has 0 aliphatic rings. The van der Waals surface area contributed by atoms with Crippen molar-refractivity contribution in [3.05, 3.63) is 83.4 Å². The molecule has 1 heterocycles. The molecule has 6 heteroatoms. The zero-order chi connectivity index (χ0) is 22.7. The Bertz CT molecular complexity index is 1300. The van der Waals surface area contributed by atoms with Crippen LogP contribution >= 0.6 is 12.2 Å². The fourth-order valence-corrected chi connectivity index (χ4v) is 3.67. The third-order valence-corrected chi connectivity index (χ3v) is 5.67. The number of aromatic nitrogens is 1. The lowest BCUT2D eigenvalue weighted by Gasteiger charge is -2.10. The Morgan fingerprint density at radius 1 is 1.09 bits per heavy atom. The Labute approximate surface area is 192 Å². The van der Waals surface area contributed by atoms with Crippen LogP contribution in [0, 0.1) is 6.92 Å². The number of hydrogen-bond acceptors (Lipinski definition) is 4. The Morgan fingerprint density at radius 3 is 2.69 bits per heavy atom. The number of hydrogen-bond donors (Lipinski definition) is 2. The zero-order valence-corrected chi connectivity index (χ0v) is 19.1. The summed E-state index contributed by atoms with van der Waals surface area (Å²) >= 11 is 5.33. The maximum atomic E-state index is 12.4. The molecule has 4 rings (SSSR count). The molecule has 0 spiro atoms. The van der Waals surface area contributed by atoms with Crippen molar-refractivity contribution in [2.24, 2.45) is 0 Å². The van der Waals surface area contributed by atoms with Gasteiger partial charge in [0.05, 0.1) is 0 Å². The predicted octanol–water partition coefficient (Wildman–Crippen LogP) is 6.44. The van der Waals surface area contributed by atoms with Gasteiger partial charge in [0.1, 0.15) is 5.52 Å². The maximum Gasteiger partial charge on any atom is 0.257 e. The fourth-order valence-electron chi connectivity index (χ4n) is 3.46. The first-order valence-electron chi connectivity index (χ1n) is 10.6. The quantitative estimate of drug-likeness (QED) is 0.347. The number of benzene rings is 3. The minimum Gasteiger partial charge on any atom is -0.436 e. The van der Waals surface area contributed by atoms with Gasteiger partial charge >= 0.3 is 0 Å². The number of carbonyl (C=O) groups is 1. The normalized spacial score (nSPS) is 11.8. The Balaban J connectivity index is 1.49. The van der Waals surface area contributed by atoms with Crippen molar-refractivity contribution in [2.45, 2.75) is 33.1 Å². The van der Waals surface area contributed by atoms with E-state index < -0.39 is 0 Å². The molecule has 1 aromatic heterocycles. The number of anilines is 1. The van der Waals surface area contributed by atoms with Gasteiger partial charge in [-0.2, -0.15) is 0 Å². The predicted molar refractivity (Wildman–Crippen MR) is 133 cm³/mol. The molecule has 0 unspecified atom stereocenters. The van der Waals surface area contributed by atoms with Crippen LogP contribution in [0.15, 0.2) is 71.1 Å². The topological polar surface area (TPSA) is 67.2 Å². The van der Waals surface area contributed by atoms with Crippen LogP contribution in [0.5, 0.6) is 0 Å². The van der Waals surface area contributed by atoms with Gasteiger partial charge in [-0.05, 0) is 79.5 Å². The summed E-state index contributed by atoms with van der Waals surface area (Å²) in [6.07, 6.45) is 1.07. The molecule has 3 aromatic carbocycles. The van der Waals surface area contributed by atoms with Crippen molar-refractivity contribution in [2.75, 3.05) is 5.32 Å². The summed E-state index contributed by atoms with van der Waals surface area (Å²) in [4.78, 5) is 17.1. The summed E-state index contributed by atoms with van der Waals surface area (Å²) in [5, 5.41) is 6.01. The molecule has 0 radical (unpaired) electrons. The molecule has 0 aliphatic heterocycles. The van der Waals surface area contributed by atoms with E-state index in [1.165, 1.54) is 5.56 Å². The molecular weight excluding hydrogens is 418 g/mol. The van der Waals surface area contributed by atoms with Gasteiger partial charge in [-0.1, -0.05) is 43.7 Å². The maximum absolute atomic E-state index is 12.4. The highest BCUT2D eigenvalue weighted by Gasteiger charge is 2.12. The summed E-state index contributed by atoms with van der Waals surface area (Å²) in [6, 6.07) is 21.1. The Morgan fingerprint density at radius 2 is 1.91 bits per heavy atom. The average molecular weight is 444 g/mol. The summed E-state index contributed by atoms with van der Waals surface area (Å²) in [5.74, 6) is 0.765. The van der Waals surface area contributed by atoms with E-state index in [2.05, 4.69) is 41.6 Å². The van der Waals surface area contributed by atoms with Crippen LogP contribution < -0.4 is 10.6 Å². The van der Waals surface area contributed by atoms with Crippen LogP contribution in [0.1, 0.15) is 47.7 Å². The minimum absolute atomic E-state index is 0.226. The second kappa shape index (κ2) is 9.32. The number of aryl methyl sites for hydroxylation is 1. The van der Waals surface area contributed by atoms with Gasteiger partial charge in [-0.3, -0.25) is 10.1 Å². The summed E-state index contributed by atoms with van der Waals surface area (Å²) < 4.78 is 5.97. The smallest absolute Gasteiger partial charge is 0.257 e. The SMILES string of the molecule is CC[C@@H](C)c1ccc2oc(-c3cccc(NC(=S)NC(=O)c4cccc(C)c4)c3)nc2c1. The van der Waals surface area contributed by atoms with Crippen molar-refractivity contribution in [1.29, 1.82) is 0 Å². The summed E-state index contributed by atoms with van der Waals surface area (Å²) in [7, 11) is 0. The van der Waals surface area contributed by atoms with Crippen molar-refractivity contribution < 1.29 is 9.21 Å². The standard InChI is InChI=1S/C26H25N3O2S/c1-4-17(3)18-11-12-23-22(15-18)28-25(31-23)20-9-6-10-21(14-20)27-26(32)29-24(30)19-8-5-7-16(2)13-19/h5-15,17H,4H2,1-3H3,(H2,27,29,30,32)/t17-/m1/s1. The molecule has 0 saturated carbocycles. The van der Waals surface area contributed by atoms with E-state index in [4.69, 9.17) is 16.6 Å². The molecule has 0 fully saturated rings.